The number of anilines is 1. The summed E-state index contributed by atoms with van der Waals surface area (Å²) in [7, 11) is -3.75. The van der Waals surface area contributed by atoms with E-state index in [4.69, 9.17) is 9.66 Å². The highest BCUT2D eigenvalue weighted by Crippen LogP contribution is 2.23. The van der Waals surface area contributed by atoms with E-state index in [-0.39, 0.29) is 16.8 Å². The fourth-order valence-corrected chi connectivity index (χ4v) is 4.37. The standard InChI is InChI=1S/C23H28N6O4S/c1-17(23-26-22(27-33-23)18-5-3-2-4-6-18)29-15-13-28(14-16-29)12-11-21(30)25-19-7-9-20(10-8-19)34(24,31)32/h2-10,17H,11-16H2,1H3,(H,25,30)(H2,24,31,32). The minimum Gasteiger partial charge on any atom is -0.337 e. The predicted octanol–water partition coefficient (Wildman–Crippen LogP) is 2.09. The number of hydrogen-bond acceptors (Lipinski definition) is 8. The molecule has 0 radical (unpaired) electrons. The molecule has 3 N–H and O–H groups in total. The minimum absolute atomic E-state index is 0.00872. The molecule has 1 atom stereocenters. The first kappa shape index (κ1) is 24.0. The molecule has 34 heavy (non-hydrogen) atoms. The summed E-state index contributed by atoms with van der Waals surface area (Å²) in [5.41, 5.74) is 1.46. The van der Waals surface area contributed by atoms with Crippen molar-refractivity contribution in [2.24, 2.45) is 5.14 Å². The zero-order valence-corrected chi connectivity index (χ0v) is 19.7. The number of nitrogens with two attached hydrogens (primary N) is 1. The van der Waals surface area contributed by atoms with Gasteiger partial charge in [-0.05, 0) is 31.2 Å². The van der Waals surface area contributed by atoms with Crippen molar-refractivity contribution in [3.63, 3.8) is 0 Å². The van der Waals surface area contributed by atoms with E-state index in [1.165, 1.54) is 24.3 Å². The number of sulfonamides is 1. The fraction of sp³-hybridized carbons (Fsp3) is 0.348. The van der Waals surface area contributed by atoms with E-state index in [9.17, 15) is 13.2 Å². The van der Waals surface area contributed by atoms with E-state index < -0.39 is 10.0 Å². The van der Waals surface area contributed by atoms with Gasteiger partial charge >= 0.3 is 0 Å². The Labute approximate surface area is 198 Å². The number of carbonyl (C=O) groups excluding carboxylic acids is 1. The quantitative estimate of drug-likeness (QED) is 0.496. The monoisotopic (exact) mass is 484 g/mol. The second kappa shape index (κ2) is 10.4. The van der Waals surface area contributed by atoms with Crippen molar-refractivity contribution in [1.29, 1.82) is 0 Å². The lowest BCUT2D eigenvalue weighted by Crippen LogP contribution is -2.47. The fourth-order valence-electron chi connectivity index (χ4n) is 3.85. The molecular formula is C23H28N6O4S. The molecule has 0 spiro atoms. The molecule has 180 valence electrons. The van der Waals surface area contributed by atoms with Crippen LogP contribution in [0.3, 0.4) is 0 Å². The summed E-state index contributed by atoms with van der Waals surface area (Å²) >= 11 is 0. The summed E-state index contributed by atoms with van der Waals surface area (Å²) < 4.78 is 28.2. The van der Waals surface area contributed by atoms with Crippen LogP contribution in [0.4, 0.5) is 5.69 Å². The van der Waals surface area contributed by atoms with Crippen LogP contribution < -0.4 is 10.5 Å². The van der Waals surface area contributed by atoms with Crippen LogP contribution in [0.1, 0.15) is 25.3 Å². The summed E-state index contributed by atoms with van der Waals surface area (Å²) in [4.78, 5) is 21.4. The lowest BCUT2D eigenvalue weighted by atomic mass is 10.2. The third-order valence-corrected chi connectivity index (χ3v) is 6.84. The topological polar surface area (TPSA) is 135 Å². The smallest absolute Gasteiger partial charge is 0.244 e. The molecular weight excluding hydrogens is 456 g/mol. The number of benzene rings is 2. The maximum Gasteiger partial charge on any atom is 0.244 e. The summed E-state index contributed by atoms with van der Waals surface area (Å²) in [6.07, 6.45) is 0.344. The van der Waals surface area contributed by atoms with Gasteiger partial charge in [0.15, 0.2) is 0 Å². The second-order valence-corrected chi connectivity index (χ2v) is 9.80. The van der Waals surface area contributed by atoms with Crippen LogP contribution in [-0.4, -0.2) is 67.0 Å². The van der Waals surface area contributed by atoms with Crippen molar-refractivity contribution in [2.45, 2.75) is 24.3 Å². The van der Waals surface area contributed by atoms with Gasteiger partial charge in [-0.3, -0.25) is 9.69 Å². The Bertz CT molecular complexity index is 1210. The van der Waals surface area contributed by atoms with E-state index in [1.807, 2.05) is 30.3 Å². The maximum atomic E-state index is 12.3. The van der Waals surface area contributed by atoms with Crippen LogP contribution in [0.2, 0.25) is 0 Å². The third-order valence-electron chi connectivity index (χ3n) is 5.91. The molecule has 1 aliphatic rings. The minimum atomic E-state index is -3.75. The molecule has 4 rings (SSSR count). The van der Waals surface area contributed by atoms with E-state index in [1.54, 1.807) is 0 Å². The molecule has 0 aliphatic carbocycles. The van der Waals surface area contributed by atoms with E-state index >= 15 is 0 Å². The lowest BCUT2D eigenvalue weighted by Gasteiger charge is -2.36. The Balaban J connectivity index is 1.22. The first-order valence-corrected chi connectivity index (χ1v) is 12.6. The van der Waals surface area contributed by atoms with Crippen molar-refractivity contribution in [1.82, 2.24) is 19.9 Å². The van der Waals surface area contributed by atoms with Crippen molar-refractivity contribution >= 4 is 21.6 Å². The van der Waals surface area contributed by atoms with Crippen molar-refractivity contribution in [3.05, 3.63) is 60.5 Å². The molecule has 11 heteroatoms. The largest absolute Gasteiger partial charge is 0.337 e. The highest BCUT2D eigenvalue weighted by Gasteiger charge is 2.26. The number of nitrogens with zero attached hydrogens (tertiary/aromatic N) is 4. The molecule has 0 saturated carbocycles. The molecule has 1 amide bonds. The van der Waals surface area contributed by atoms with Gasteiger partial charge in [0.2, 0.25) is 27.6 Å². The average molecular weight is 485 g/mol. The number of nitrogens with one attached hydrogen (secondary N) is 1. The van der Waals surface area contributed by atoms with Gasteiger partial charge in [-0.25, -0.2) is 13.6 Å². The van der Waals surface area contributed by atoms with Crippen LogP contribution in [0.25, 0.3) is 11.4 Å². The summed E-state index contributed by atoms with van der Waals surface area (Å²) in [5.74, 6) is 1.06. The van der Waals surface area contributed by atoms with Gasteiger partial charge in [0.1, 0.15) is 0 Å². The van der Waals surface area contributed by atoms with Crippen LogP contribution >= 0.6 is 0 Å². The molecule has 2 aromatic carbocycles. The van der Waals surface area contributed by atoms with Gasteiger partial charge in [0, 0.05) is 50.4 Å². The molecule has 1 aliphatic heterocycles. The van der Waals surface area contributed by atoms with E-state index in [0.29, 0.717) is 30.4 Å². The molecule has 10 nitrogen and oxygen atoms in total. The molecule has 0 bridgehead atoms. The van der Waals surface area contributed by atoms with Gasteiger partial charge in [-0.2, -0.15) is 4.98 Å². The number of amides is 1. The van der Waals surface area contributed by atoms with Crippen molar-refractivity contribution in [3.8, 4) is 11.4 Å². The Morgan fingerprint density at radius 2 is 1.76 bits per heavy atom. The highest BCUT2D eigenvalue weighted by molar-refractivity contribution is 7.89. The van der Waals surface area contributed by atoms with E-state index in [0.717, 1.165) is 31.7 Å². The molecule has 3 aromatic rings. The number of hydrogen-bond donors (Lipinski definition) is 2. The van der Waals surface area contributed by atoms with Crippen LogP contribution in [0.15, 0.2) is 64.0 Å². The predicted molar refractivity (Wildman–Crippen MR) is 127 cm³/mol. The average Bonchev–Trinajstić information content (AvgIpc) is 3.33. The molecule has 1 saturated heterocycles. The molecule has 2 heterocycles. The molecule has 1 unspecified atom stereocenters. The van der Waals surface area contributed by atoms with Crippen LogP contribution in [-0.2, 0) is 14.8 Å². The lowest BCUT2D eigenvalue weighted by molar-refractivity contribution is -0.116. The van der Waals surface area contributed by atoms with Crippen molar-refractivity contribution < 1.29 is 17.7 Å². The number of primary sulfonamides is 1. The first-order valence-electron chi connectivity index (χ1n) is 11.1. The number of piperazine rings is 1. The van der Waals surface area contributed by atoms with Crippen LogP contribution in [0, 0.1) is 0 Å². The SMILES string of the molecule is CC(c1nc(-c2ccccc2)no1)N1CCN(CCC(=O)Nc2ccc(S(N)(=O)=O)cc2)CC1. The molecule has 1 fully saturated rings. The second-order valence-electron chi connectivity index (χ2n) is 8.24. The zero-order chi connectivity index (χ0) is 24.1. The number of carbonyl (C=O) groups is 1. The highest BCUT2D eigenvalue weighted by atomic mass is 32.2. The first-order chi connectivity index (χ1) is 16.3. The molecule has 1 aromatic heterocycles. The number of rotatable bonds is 8. The summed E-state index contributed by atoms with van der Waals surface area (Å²) in [6.45, 7) is 6.04. The summed E-state index contributed by atoms with van der Waals surface area (Å²) in [5, 5.41) is 12.0. The Hall–Kier alpha value is -3.12. The Morgan fingerprint density at radius 3 is 2.41 bits per heavy atom. The number of aromatic nitrogens is 2. The normalized spacial score (nSPS) is 16.3. The van der Waals surface area contributed by atoms with Crippen LogP contribution in [0.5, 0.6) is 0 Å². The maximum absolute atomic E-state index is 12.3. The van der Waals surface area contributed by atoms with E-state index in [2.05, 4.69) is 32.2 Å². The Morgan fingerprint density at radius 1 is 1.09 bits per heavy atom. The van der Waals surface area contributed by atoms with Crippen molar-refractivity contribution in [2.75, 3.05) is 38.0 Å². The van der Waals surface area contributed by atoms with Gasteiger partial charge in [-0.1, -0.05) is 35.5 Å². The third kappa shape index (κ3) is 6.06. The van der Waals surface area contributed by atoms with Gasteiger partial charge < -0.3 is 14.7 Å². The zero-order valence-electron chi connectivity index (χ0n) is 18.9. The van der Waals surface area contributed by atoms with Gasteiger partial charge in [-0.15, -0.1) is 0 Å². The van der Waals surface area contributed by atoms with Gasteiger partial charge in [0.05, 0.1) is 10.9 Å². The summed E-state index contributed by atoms with van der Waals surface area (Å²) in [6, 6.07) is 15.5. The van der Waals surface area contributed by atoms with Gasteiger partial charge in [0.25, 0.3) is 0 Å². The Kier molecular flexibility index (Phi) is 7.37.